The van der Waals surface area contributed by atoms with Gasteiger partial charge in [-0.1, -0.05) is 33.6 Å². The van der Waals surface area contributed by atoms with Crippen molar-refractivity contribution < 1.29 is 4.79 Å². The van der Waals surface area contributed by atoms with Gasteiger partial charge in [-0.2, -0.15) is 0 Å². The third-order valence-corrected chi connectivity index (χ3v) is 3.67. The van der Waals surface area contributed by atoms with Gasteiger partial charge in [0.2, 0.25) is 0 Å². The summed E-state index contributed by atoms with van der Waals surface area (Å²) in [6.45, 7) is 8.46. The van der Waals surface area contributed by atoms with Gasteiger partial charge in [-0.15, -0.1) is 0 Å². The average Bonchev–Trinajstić information content (AvgIpc) is 2.02. The lowest BCUT2D eigenvalue weighted by molar-refractivity contribution is -0.124. The molecule has 1 heteroatoms. The van der Waals surface area contributed by atoms with E-state index in [0.717, 1.165) is 5.92 Å². The van der Waals surface area contributed by atoms with Crippen LogP contribution in [-0.2, 0) is 4.79 Å². The van der Waals surface area contributed by atoms with E-state index < -0.39 is 0 Å². The summed E-state index contributed by atoms with van der Waals surface area (Å²) in [6, 6.07) is 0. The molecule has 1 aliphatic rings. The van der Waals surface area contributed by atoms with Crippen LogP contribution in [0.5, 0.6) is 0 Å². The third-order valence-electron chi connectivity index (χ3n) is 3.67. The van der Waals surface area contributed by atoms with E-state index in [-0.39, 0.29) is 0 Å². The molecule has 0 spiro atoms. The van der Waals surface area contributed by atoms with Crippen LogP contribution in [0, 0.1) is 23.7 Å². The minimum Gasteiger partial charge on any atom is -0.300 e. The number of hydrogen-bond donors (Lipinski definition) is 0. The highest BCUT2D eigenvalue weighted by Gasteiger charge is 2.31. The van der Waals surface area contributed by atoms with E-state index in [0.29, 0.717) is 23.5 Å². The molecule has 0 N–H and O–H groups in total. The van der Waals surface area contributed by atoms with Gasteiger partial charge in [0, 0.05) is 5.92 Å². The van der Waals surface area contributed by atoms with Gasteiger partial charge in [-0.3, -0.25) is 4.79 Å². The van der Waals surface area contributed by atoms with Crippen molar-refractivity contribution in [2.75, 3.05) is 0 Å². The highest BCUT2D eigenvalue weighted by molar-refractivity contribution is 5.78. The fourth-order valence-corrected chi connectivity index (χ4v) is 3.15. The average molecular weight is 196 g/mol. The van der Waals surface area contributed by atoms with Gasteiger partial charge in [0.15, 0.2) is 0 Å². The predicted octanol–water partition coefficient (Wildman–Crippen LogP) is 3.67. The second kappa shape index (κ2) is 4.95. The fourth-order valence-electron chi connectivity index (χ4n) is 3.15. The van der Waals surface area contributed by atoms with E-state index >= 15 is 0 Å². The first-order valence-corrected chi connectivity index (χ1v) is 6.02. The predicted molar refractivity (Wildman–Crippen MR) is 60.1 cm³/mol. The summed E-state index contributed by atoms with van der Waals surface area (Å²) >= 11 is 0. The van der Waals surface area contributed by atoms with Gasteiger partial charge in [-0.05, 0) is 37.5 Å². The molecule has 1 rings (SSSR count). The quantitative estimate of drug-likeness (QED) is 0.673. The number of ketones is 1. The summed E-state index contributed by atoms with van der Waals surface area (Å²) in [5, 5.41) is 0. The fraction of sp³-hybridized carbons (Fsp3) is 0.923. The zero-order valence-corrected chi connectivity index (χ0v) is 10.0. The Morgan fingerprint density at radius 2 is 1.93 bits per heavy atom. The van der Waals surface area contributed by atoms with Crippen LogP contribution in [0.2, 0.25) is 0 Å². The Hall–Kier alpha value is -0.330. The Balaban J connectivity index is 2.63. The minimum absolute atomic E-state index is 0.317. The molecule has 0 aromatic rings. The molecule has 0 radical (unpaired) electrons. The smallest absolute Gasteiger partial charge is 0.133 e. The topological polar surface area (TPSA) is 17.1 Å². The van der Waals surface area contributed by atoms with Crippen molar-refractivity contribution in [1.82, 2.24) is 0 Å². The first-order chi connectivity index (χ1) is 6.52. The van der Waals surface area contributed by atoms with Crippen molar-refractivity contribution >= 4 is 5.78 Å². The molecular formula is C13H24O. The van der Waals surface area contributed by atoms with Gasteiger partial charge >= 0.3 is 0 Å². The van der Waals surface area contributed by atoms with Gasteiger partial charge in [0.05, 0.1) is 0 Å². The maximum atomic E-state index is 11.6. The molecule has 0 amide bonds. The van der Waals surface area contributed by atoms with Gasteiger partial charge in [0.1, 0.15) is 5.78 Å². The van der Waals surface area contributed by atoms with Crippen LogP contribution in [0.3, 0.4) is 0 Å². The summed E-state index contributed by atoms with van der Waals surface area (Å²) in [4.78, 5) is 11.6. The number of hydrogen-bond acceptors (Lipinski definition) is 1. The van der Waals surface area contributed by atoms with Crippen LogP contribution < -0.4 is 0 Å². The van der Waals surface area contributed by atoms with Crippen molar-refractivity contribution in [3.05, 3.63) is 0 Å². The number of Topliss-reactive ketones (excluding diaryl/α,β-unsaturated/α-hetero) is 1. The van der Waals surface area contributed by atoms with Crippen molar-refractivity contribution in [1.29, 1.82) is 0 Å². The van der Waals surface area contributed by atoms with Crippen LogP contribution in [0.25, 0.3) is 0 Å². The van der Waals surface area contributed by atoms with Gasteiger partial charge in [0.25, 0.3) is 0 Å². The van der Waals surface area contributed by atoms with Crippen molar-refractivity contribution in [3.8, 4) is 0 Å². The van der Waals surface area contributed by atoms with Crippen LogP contribution in [0.1, 0.15) is 53.4 Å². The van der Waals surface area contributed by atoms with E-state index in [1.807, 2.05) is 0 Å². The Bertz CT molecular complexity index is 195. The molecule has 82 valence electrons. The molecule has 1 saturated carbocycles. The molecule has 1 fully saturated rings. The molecule has 14 heavy (non-hydrogen) atoms. The van der Waals surface area contributed by atoms with Crippen molar-refractivity contribution in [2.45, 2.75) is 53.4 Å². The minimum atomic E-state index is 0.317. The maximum absolute atomic E-state index is 11.6. The first kappa shape index (κ1) is 11.7. The van der Waals surface area contributed by atoms with E-state index in [4.69, 9.17) is 0 Å². The van der Waals surface area contributed by atoms with E-state index in [1.54, 1.807) is 6.92 Å². The Morgan fingerprint density at radius 1 is 1.29 bits per heavy atom. The van der Waals surface area contributed by atoms with Gasteiger partial charge in [-0.25, -0.2) is 0 Å². The zero-order valence-electron chi connectivity index (χ0n) is 10.0. The summed E-state index contributed by atoms with van der Waals surface area (Å²) in [5.74, 6) is 2.73. The molecular weight excluding hydrogens is 172 g/mol. The highest BCUT2D eigenvalue weighted by Crippen LogP contribution is 2.36. The number of carbonyl (C=O) groups is 1. The third kappa shape index (κ3) is 2.83. The lowest BCUT2D eigenvalue weighted by Gasteiger charge is -2.34. The summed E-state index contributed by atoms with van der Waals surface area (Å²) in [6.07, 6.45) is 5.22. The molecule has 1 nitrogen and oxygen atoms in total. The second-order valence-electron chi connectivity index (χ2n) is 5.41. The molecule has 0 heterocycles. The van der Waals surface area contributed by atoms with Crippen LogP contribution in [-0.4, -0.2) is 5.78 Å². The van der Waals surface area contributed by atoms with Crippen molar-refractivity contribution in [2.24, 2.45) is 23.7 Å². The van der Waals surface area contributed by atoms with Crippen LogP contribution >= 0.6 is 0 Å². The SMILES string of the molecule is CC(=O)C(C(C)C)C1CCCC(C)C1. The Kier molecular flexibility index (Phi) is 4.15. The summed E-state index contributed by atoms with van der Waals surface area (Å²) in [7, 11) is 0. The Morgan fingerprint density at radius 3 is 2.36 bits per heavy atom. The highest BCUT2D eigenvalue weighted by atomic mass is 16.1. The molecule has 0 bridgehead atoms. The van der Waals surface area contributed by atoms with E-state index in [2.05, 4.69) is 20.8 Å². The number of rotatable bonds is 3. The van der Waals surface area contributed by atoms with Crippen LogP contribution in [0.15, 0.2) is 0 Å². The molecule has 0 aromatic heterocycles. The number of carbonyl (C=O) groups excluding carboxylic acids is 1. The summed E-state index contributed by atoms with van der Waals surface area (Å²) in [5.41, 5.74) is 0. The molecule has 0 saturated heterocycles. The summed E-state index contributed by atoms with van der Waals surface area (Å²) < 4.78 is 0. The Labute approximate surface area is 88.3 Å². The molecule has 3 unspecified atom stereocenters. The molecule has 0 aromatic carbocycles. The van der Waals surface area contributed by atoms with Crippen molar-refractivity contribution in [3.63, 3.8) is 0 Å². The van der Waals surface area contributed by atoms with Crippen LogP contribution in [0.4, 0.5) is 0 Å². The molecule has 0 aliphatic heterocycles. The largest absolute Gasteiger partial charge is 0.300 e. The normalized spacial score (nSPS) is 30.4. The first-order valence-electron chi connectivity index (χ1n) is 6.02. The van der Waals surface area contributed by atoms with E-state index in [9.17, 15) is 4.79 Å². The molecule has 3 atom stereocenters. The van der Waals surface area contributed by atoms with E-state index in [1.165, 1.54) is 25.7 Å². The monoisotopic (exact) mass is 196 g/mol. The second-order valence-corrected chi connectivity index (χ2v) is 5.41. The zero-order chi connectivity index (χ0) is 10.7. The molecule has 1 aliphatic carbocycles. The maximum Gasteiger partial charge on any atom is 0.133 e. The lowest BCUT2D eigenvalue weighted by atomic mass is 9.71. The lowest BCUT2D eigenvalue weighted by Crippen LogP contribution is -2.30. The standard InChI is InChI=1S/C13H24O/c1-9(2)13(11(4)14)12-7-5-6-10(3)8-12/h9-10,12-13H,5-8H2,1-4H3. The van der Waals surface area contributed by atoms with Gasteiger partial charge < -0.3 is 0 Å².